The normalized spacial score (nSPS) is 37.4. The molecule has 3 aromatic carbocycles. The fourth-order valence-corrected chi connectivity index (χ4v) is 19.5. The zero-order chi connectivity index (χ0) is 53.8. The van der Waals surface area contributed by atoms with E-state index in [0.717, 1.165) is 121 Å². The average molecular weight is 1110 g/mol. The van der Waals surface area contributed by atoms with Crippen molar-refractivity contribution in [1.82, 2.24) is 10.6 Å². The molecule has 12 saturated carbocycles. The maximum absolute atomic E-state index is 13.3. The number of phenols is 2. The highest BCUT2D eigenvalue weighted by Crippen LogP contribution is 2.65. The molecule has 2 aliphatic heterocycles. The number of carboxylic acids is 1. The first-order valence-electron chi connectivity index (χ1n) is 30.1. The maximum atomic E-state index is 13.3. The summed E-state index contributed by atoms with van der Waals surface area (Å²) in [4.78, 5) is 37.9. The number of phenolic OH excluding ortho intramolecular Hbond substituents is 2. The Bertz CT molecular complexity index is 2610. The van der Waals surface area contributed by atoms with Crippen molar-refractivity contribution in [3.8, 4) is 17.2 Å². The SMILES string of the molecule is Cl.NC/C(=C\F)COc1ccc(C23CC4CC(C2)C(C(=O)NC2CCOCC2)C(C4)C3)cc1.O=C(NC1CCOCC1)C1C2CC3CC1CC(c1ccc(O)cc1)(C3)C2.O=C(O)C1C2CC3CC1CC(c1ccc(O)cc1)(C3)C2. The number of amides is 2. The molecule has 6 atom stereocenters. The predicted molar refractivity (Wildman–Crippen MR) is 301 cm³/mol. The fraction of sp³-hybridized carbons (Fsp3) is 0.646. The van der Waals surface area contributed by atoms with Gasteiger partial charge in [0.25, 0.3) is 0 Å². The minimum absolute atomic E-state index is 0. The molecular formula is C65H85ClFN3O9. The number of rotatable bonds is 12. The lowest BCUT2D eigenvalue weighted by Crippen LogP contribution is -2.57. The number of carbonyl (C=O) groups excluding carboxylic acids is 2. The van der Waals surface area contributed by atoms with Gasteiger partial charge in [0, 0.05) is 62.5 Å². The number of halogens is 2. The molecule has 0 aromatic heterocycles. The Morgan fingerprint density at radius 1 is 0.544 bits per heavy atom. The van der Waals surface area contributed by atoms with Gasteiger partial charge in [-0.05, 0) is 245 Å². The molecule has 0 radical (unpaired) electrons. The number of carbonyl (C=O) groups is 3. The second-order valence-electron chi connectivity index (χ2n) is 26.8. The van der Waals surface area contributed by atoms with E-state index in [1.54, 1.807) is 12.1 Å². The second kappa shape index (κ2) is 23.3. The van der Waals surface area contributed by atoms with Crippen molar-refractivity contribution >= 4 is 30.2 Å². The maximum Gasteiger partial charge on any atom is 0.307 e. The highest BCUT2D eigenvalue weighted by atomic mass is 35.5. The van der Waals surface area contributed by atoms with Crippen LogP contribution in [0.15, 0.2) is 84.7 Å². The van der Waals surface area contributed by atoms with Gasteiger partial charge in [0.1, 0.15) is 23.9 Å². The van der Waals surface area contributed by atoms with E-state index in [-0.39, 0.29) is 65.6 Å². The molecule has 12 nitrogen and oxygen atoms in total. The lowest BCUT2D eigenvalue weighted by atomic mass is 9.44. The van der Waals surface area contributed by atoms with Gasteiger partial charge in [0.15, 0.2) is 0 Å². The summed E-state index contributed by atoms with van der Waals surface area (Å²) in [6.45, 7) is 3.39. The number of aliphatic carboxylic acids is 1. The van der Waals surface area contributed by atoms with Gasteiger partial charge in [-0.3, -0.25) is 14.4 Å². The van der Waals surface area contributed by atoms with Crippen molar-refractivity contribution in [2.45, 2.75) is 150 Å². The van der Waals surface area contributed by atoms with Crippen molar-refractivity contribution in [3.05, 3.63) is 101 Å². The summed E-state index contributed by atoms with van der Waals surface area (Å²) in [7, 11) is 0. The molecule has 12 aliphatic carbocycles. The van der Waals surface area contributed by atoms with Crippen LogP contribution in [0.1, 0.15) is 139 Å². The lowest BCUT2D eigenvalue weighted by Gasteiger charge is -2.60. The van der Waals surface area contributed by atoms with E-state index < -0.39 is 5.97 Å². The van der Waals surface area contributed by atoms with E-state index in [1.165, 1.54) is 61.6 Å². The molecule has 6 unspecified atom stereocenters. The summed E-state index contributed by atoms with van der Waals surface area (Å²) in [5.74, 6) is 6.61. The summed E-state index contributed by atoms with van der Waals surface area (Å²) < 4.78 is 29.3. The monoisotopic (exact) mass is 1110 g/mol. The predicted octanol–water partition coefficient (Wildman–Crippen LogP) is 10.8. The standard InChI is InChI=1S/C26H35FN2O3.C22H29NO3.C17H20O3.ClH/c27-14-18(15-28)16-32-23-3-1-21(2-4-23)26-11-17-9-19(12-26)24(20(10-17)13-26)25(30)29-22-5-7-31-8-6-22;24-19-3-1-17(2-4-19)22-11-14-9-15(12-22)20(16(10-14)13-22)21(25)23-18-5-7-26-8-6-18;18-14-3-1-13(2-4-14)17-7-10-5-11(8-17)15(16(19)20)12(6-10)9-17;/h1-4,14,17,19-20,22,24H,5-13,15-16,28H2,(H,29,30);1-4,14-16,18,20,24H,5-13H2,(H,23,25);1-4,10-12,15,18H,5-9H2,(H,19,20);1H/b18-14+;;;. The Balaban J connectivity index is 0.000000128. The summed E-state index contributed by atoms with van der Waals surface area (Å²) in [5, 5.41) is 35.3. The molecule has 12 bridgehead atoms. The first-order chi connectivity index (χ1) is 37.8. The Kier molecular flexibility index (Phi) is 16.6. The van der Waals surface area contributed by atoms with Gasteiger partial charge >= 0.3 is 5.97 Å². The van der Waals surface area contributed by atoms with Crippen LogP contribution in [0.3, 0.4) is 0 Å². The van der Waals surface area contributed by atoms with Gasteiger partial charge in [-0.1, -0.05) is 36.4 Å². The van der Waals surface area contributed by atoms with Crippen LogP contribution in [0.25, 0.3) is 0 Å². The third kappa shape index (κ3) is 11.3. The van der Waals surface area contributed by atoms with E-state index in [9.17, 15) is 34.1 Å². The molecule has 2 saturated heterocycles. The summed E-state index contributed by atoms with van der Waals surface area (Å²) in [6, 6.07) is 24.4. The molecule has 14 heteroatoms. The summed E-state index contributed by atoms with van der Waals surface area (Å²) in [5.41, 5.74) is 10.6. The number of hydrogen-bond donors (Lipinski definition) is 6. The number of benzene rings is 3. The van der Waals surface area contributed by atoms with Crippen molar-refractivity contribution in [3.63, 3.8) is 0 Å². The molecular weight excluding hydrogens is 1020 g/mol. The van der Waals surface area contributed by atoms with Crippen LogP contribution in [-0.4, -0.2) is 84.8 Å². The molecule has 3 aromatic rings. The van der Waals surface area contributed by atoms with Crippen LogP contribution in [0.4, 0.5) is 4.39 Å². The van der Waals surface area contributed by atoms with E-state index >= 15 is 0 Å². The third-order valence-corrected chi connectivity index (χ3v) is 22.1. The molecule has 7 N–H and O–H groups in total. The molecule has 14 fully saturated rings. The third-order valence-electron chi connectivity index (χ3n) is 22.1. The number of nitrogens with two attached hydrogens (primary N) is 1. The summed E-state index contributed by atoms with van der Waals surface area (Å²) >= 11 is 0. The van der Waals surface area contributed by atoms with E-state index in [4.69, 9.17) is 19.9 Å². The second-order valence-corrected chi connectivity index (χ2v) is 26.8. The number of hydrogen-bond acceptors (Lipinski definition) is 9. The van der Waals surface area contributed by atoms with Crippen molar-refractivity contribution < 1.29 is 48.3 Å². The lowest BCUT2D eigenvalue weighted by molar-refractivity contribution is -0.157. The quantitative estimate of drug-likeness (QED) is 0.102. The first kappa shape index (κ1) is 56.2. The van der Waals surface area contributed by atoms with Gasteiger partial charge < -0.3 is 45.9 Å². The average Bonchev–Trinajstić information content (AvgIpc) is 3.62. The van der Waals surface area contributed by atoms with Crippen LogP contribution in [0.2, 0.25) is 0 Å². The van der Waals surface area contributed by atoms with Crippen LogP contribution >= 0.6 is 12.4 Å². The largest absolute Gasteiger partial charge is 0.508 e. The molecule has 79 heavy (non-hydrogen) atoms. The van der Waals surface area contributed by atoms with E-state index in [1.807, 2.05) is 36.4 Å². The van der Waals surface area contributed by atoms with Gasteiger partial charge in [0.05, 0.1) is 12.2 Å². The van der Waals surface area contributed by atoms with E-state index in [0.29, 0.717) is 82.7 Å². The summed E-state index contributed by atoms with van der Waals surface area (Å²) in [6.07, 6.45) is 21.6. The van der Waals surface area contributed by atoms with Crippen molar-refractivity contribution in [1.29, 1.82) is 0 Å². The zero-order valence-electron chi connectivity index (χ0n) is 45.9. The van der Waals surface area contributed by atoms with Gasteiger partial charge in [-0.25, -0.2) is 4.39 Å². The van der Waals surface area contributed by atoms with Gasteiger partial charge in [-0.15, -0.1) is 12.4 Å². The van der Waals surface area contributed by atoms with Crippen molar-refractivity contribution in [2.75, 3.05) is 39.6 Å². The number of aromatic hydroxyl groups is 2. The molecule has 17 rings (SSSR count). The van der Waals surface area contributed by atoms with Gasteiger partial charge in [-0.2, -0.15) is 0 Å². The Hall–Kier alpha value is -4.69. The zero-order valence-corrected chi connectivity index (χ0v) is 46.7. The topological polar surface area (TPSA) is 190 Å². The molecule has 14 aliphatic rings. The minimum Gasteiger partial charge on any atom is -0.508 e. The van der Waals surface area contributed by atoms with Crippen LogP contribution < -0.4 is 21.1 Å². The fourth-order valence-electron chi connectivity index (χ4n) is 19.5. The minimum atomic E-state index is -0.584. The Morgan fingerprint density at radius 2 is 0.873 bits per heavy atom. The Morgan fingerprint density at radius 3 is 1.19 bits per heavy atom. The first-order valence-corrected chi connectivity index (χ1v) is 30.1. The Labute approximate surface area is 472 Å². The molecule has 428 valence electrons. The number of ether oxygens (including phenoxy) is 3. The number of carboxylic acid groups (broad SMARTS) is 1. The van der Waals surface area contributed by atoms with E-state index in [2.05, 4.69) is 34.9 Å². The smallest absolute Gasteiger partial charge is 0.307 e. The van der Waals surface area contributed by atoms with Gasteiger partial charge in [0.2, 0.25) is 11.8 Å². The molecule has 2 heterocycles. The van der Waals surface area contributed by atoms with Crippen molar-refractivity contribution in [2.24, 2.45) is 76.7 Å². The molecule has 2 amide bonds. The van der Waals surface area contributed by atoms with Crippen LogP contribution in [0.5, 0.6) is 17.2 Å². The number of nitrogens with one attached hydrogen (secondary N) is 2. The highest BCUT2D eigenvalue weighted by molar-refractivity contribution is 5.85. The highest BCUT2D eigenvalue weighted by Gasteiger charge is 2.60. The van der Waals surface area contributed by atoms with Crippen LogP contribution in [0, 0.1) is 71.0 Å². The molecule has 0 spiro atoms. The van der Waals surface area contributed by atoms with Crippen LogP contribution in [-0.2, 0) is 40.1 Å².